The number of amides is 2. The average Bonchev–Trinajstić information content (AvgIpc) is 3.08. The second-order valence-electron chi connectivity index (χ2n) is 7.63. The van der Waals surface area contributed by atoms with Crippen LogP contribution in [-0.4, -0.2) is 39.0 Å². The van der Waals surface area contributed by atoms with Gasteiger partial charge in [0.2, 0.25) is 11.8 Å². The lowest BCUT2D eigenvalue weighted by Crippen LogP contribution is -2.38. The van der Waals surface area contributed by atoms with Gasteiger partial charge in [-0.2, -0.15) is 0 Å². The molecule has 0 saturated heterocycles. The minimum absolute atomic E-state index is 0.0374. The number of hydrogen-bond acceptors (Lipinski definition) is 5. The van der Waals surface area contributed by atoms with Crippen LogP contribution in [0.2, 0.25) is 0 Å². The van der Waals surface area contributed by atoms with Gasteiger partial charge in [-0.05, 0) is 31.2 Å². The van der Waals surface area contributed by atoms with Crippen molar-refractivity contribution in [3.63, 3.8) is 0 Å². The smallest absolute Gasteiger partial charge is 0.222 e. The summed E-state index contributed by atoms with van der Waals surface area (Å²) in [6, 6.07) is 11.4. The average molecular weight is 417 g/mol. The minimum atomic E-state index is -0.222. The van der Waals surface area contributed by atoms with Crippen molar-refractivity contribution in [1.29, 1.82) is 0 Å². The maximum Gasteiger partial charge on any atom is 0.222 e. The zero-order chi connectivity index (χ0) is 22.1. The zero-order valence-electron chi connectivity index (χ0n) is 17.6. The SMILES string of the molecule is CC(=O)Nc1cc(-c2[nH]c3c(c2Nc2ccc(C)cc2)C(=O)CN(C(C)=O)C3)ccn1. The van der Waals surface area contributed by atoms with Gasteiger partial charge in [-0.25, -0.2) is 4.98 Å². The molecule has 8 heteroatoms. The highest BCUT2D eigenvalue weighted by Crippen LogP contribution is 2.38. The molecule has 31 heavy (non-hydrogen) atoms. The lowest BCUT2D eigenvalue weighted by Gasteiger charge is -2.25. The molecule has 2 aromatic heterocycles. The van der Waals surface area contributed by atoms with Crippen LogP contribution < -0.4 is 10.6 Å². The Morgan fingerprint density at radius 2 is 1.84 bits per heavy atom. The number of H-pyrrole nitrogens is 1. The van der Waals surface area contributed by atoms with Crippen LogP contribution in [0.4, 0.5) is 17.2 Å². The molecule has 0 radical (unpaired) electrons. The molecule has 0 unspecified atom stereocenters. The van der Waals surface area contributed by atoms with E-state index in [0.29, 0.717) is 35.0 Å². The monoisotopic (exact) mass is 417 g/mol. The number of aromatic amines is 1. The standard InChI is InChI=1S/C23H23N5O3/c1-13-4-6-17(7-5-13)26-23-21-18(11-28(15(3)30)12-19(21)31)27-22(23)16-8-9-24-20(10-16)25-14(2)29/h4-10,26-27H,11-12H2,1-3H3,(H,24,25,29). The van der Waals surface area contributed by atoms with Gasteiger partial charge in [-0.3, -0.25) is 14.4 Å². The Kier molecular flexibility index (Phi) is 5.29. The van der Waals surface area contributed by atoms with Crippen LogP contribution in [0.15, 0.2) is 42.6 Å². The zero-order valence-corrected chi connectivity index (χ0v) is 17.6. The van der Waals surface area contributed by atoms with Gasteiger partial charge >= 0.3 is 0 Å². The van der Waals surface area contributed by atoms with E-state index in [1.54, 1.807) is 18.3 Å². The van der Waals surface area contributed by atoms with Gasteiger partial charge in [0.15, 0.2) is 5.78 Å². The number of Topliss-reactive ketones (excluding diaryl/α,β-unsaturated/α-hetero) is 1. The number of fused-ring (bicyclic) bond motifs is 1. The Balaban J connectivity index is 1.83. The topological polar surface area (TPSA) is 107 Å². The maximum atomic E-state index is 13.0. The van der Waals surface area contributed by atoms with Crippen molar-refractivity contribution in [2.75, 3.05) is 17.2 Å². The Hall–Kier alpha value is -3.94. The van der Waals surface area contributed by atoms with Crippen molar-refractivity contribution in [1.82, 2.24) is 14.9 Å². The number of carbonyl (C=O) groups excluding carboxylic acids is 3. The predicted molar refractivity (Wildman–Crippen MR) is 118 cm³/mol. The molecule has 3 heterocycles. The first kappa shape index (κ1) is 20.3. The van der Waals surface area contributed by atoms with E-state index in [0.717, 1.165) is 16.8 Å². The van der Waals surface area contributed by atoms with Gasteiger partial charge in [0.25, 0.3) is 0 Å². The third-order valence-corrected chi connectivity index (χ3v) is 5.16. The predicted octanol–water partition coefficient (Wildman–Crippen LogP) is 3.63. The van der Waals surface area contributed by atoms with Gasteiger partial charge in [-0.1, -0.05) is 17.7 Å². The fourth-order valence-electron chi connectivity index (χ4n) is 3.66. The number of benzene rings is 1. The summed E-state index contributed by atoms with van der Waals surface area (Å²) in [7, 11) is 0. The molecule has 0 saturated carbocycles. The second-order valence-corrected chi connectivity index (χ2v) is 7.63. The summed E-state index contributed by atoms with van der Waals surface area (Å²) in [5.74, 6) is -0.0963. The van der Waals surface area contributed by atoms with Gasteiger partial charge in [0.05, 0.1) is 30.0 Å². The Morgan fingerprint density at radius 1 is 1.10 bits per heavy atom. The lowest BCUT2D eigenvalue weighted by atomic mass is 10.0. The van der Waals surface area contributed by atoms with Crippen LogP contribution >= 0.6 is 0 Å². The molecule has 3 aromatic rings. The number of nitrogens with zero attached hydrogens (tertiary/aromatic N) is 2. The number of aryl methyl sites for hydroxylation is 1. The summed E-state index contributed by atoms with van der Waals surface area (Å²) in [5, 5.41) is 6.06. The molecule has 3 N–H and O–H groups in total. The molecule has 1 aromatic carbocycles. The van der Waals surface area contributed by atoms with Crippen molar-refractivity contribution in [2.24, 2.45) is 0 Å². The largest absolute Gasteiger partial charge is 0.355 e. The third kappa shape index (κ3) is 4.18. The van der Waals surface area contributed by atoms with Crippen LogP contribution in [0, 0.1) is 6.92 Å². The molecular weight excluding hydrogens is 394 g/mol. The molecular formula is C23H23N5O3. The normalized spacial score (nSPS) is 13.0. The van der Waals surface area contributed by atoms with E-state index in [9.17, 15) is 14.4 Å². The van der Waals surface area contributed by atoms with E-state index in [1.807, 2.05) is 31.2 Å². The molecule has 1 aliphatic rings. The molecule has 0 spiro atoms. The molecule has 8 nitrogen and oxygen atoms in total. The van der Waals surface area contributed by atoms with E-state index in [4.69, 9.17) is 0 Å². The summed E-state index contributed by atoms with van der Waals surface area (Å²) >= 11 is 0. The van der Waals surface area contributed by atoms with Crippen molar-refractivity contribution in [2.45, 2.75) is 27.3 Å². The quantitative estimate of drug-likeness (QED) is 0.601. The number of hydrogen-bond donors (Lipinski definition) is 3. The first-order valence-corrected chi connectivity index (χ1v) is 9.93. The number of pyridine rings is 1. The van der Waals surface area contributed by atoms with Crippen LogP contribution in [0.1, 0.15) is 35.5 Å². The van der Waals surface area contributed by atoms with Gasteiger partial charge in [-0.15, -0.1) is 0 Å². The van der Waals surface area contributed by atoms with E-state index in [2.05, 4.69) is 20.6 Å². The molecule has 0 bridgehead atoms. The van der Waals surface area contributed by atoms with Gasteiger partial charge in [0.1, 0.15) is 5.82 Å². The number of nitrogens with one attached hydrogen (secondary N) is 3. The molecule has 0 fully saturated rings. The first-order chi connectivity index (χ1) is 14.8. The number of anilines is 3. The highest BCUT2D eigenvalue weighted by Gasteiger charge is 2.31. The fraction of sp³-hybridized carbons (Fsp3) is 0.217. The van der Waals surface area contributed by atoms with Crippen molar-refractivity contribution >= 4 is 34.8 Å². The molecule has 158 valence electrons. The lowest BCUT2D eigenvalue weighted by molar-refractivity contribution is -0.129. The van der Waals surface area contributed by atoms with Crippen molar-refractivity contribution < 1.29 is 14.4 Å². The van der Waals surface area contributed by atoms with Crippen LogP contribution in [0.25, 0.3) is 11.3 Å². The van der Waals surface area contributed by atoms with Crippen LogP contribution in [-0.2, 0) is 16.1 Å². The maximum absolute atomic E-state index is 13.0. The molecule has 1 aliphatic heterocycles. The number of carbonyl (C=O) groups is 3. The minimum Gasteiger partial charge on any atom is -0.355 e. The third-order valence-electron chi connectivity index (χ3n) is 5.16. The summed E-state index contributed by atoms with van der Waals surface area (Å²) < 4.78 is 0. The summed E-state index contributed by atoms with van der Waals surface area (Å²) in [4.78, 5) is 45.3. The molecule has 2 amide bonds. The number of rotatable bonds is 4. The molecule has 4 rings (SSSR count). The highest BCUT2D eigenvalue weighted by atomic mass is 16.2. The molecule has 0 aliphatic carbocycles. The Morgan fingerprint density at radius 3 is 2.52 bits per heavy atom. The van der Waals surface area contributed by atoms with Crippen LogP contribution in [0.3, 0.4) is 0 Å². The van der Waals surface area contributed by atoms with Gasteiger partial charge < -0.3 is 20.5 Å². The van der Waals surface area contributed by atoms with E-state index in [1.165, 1.54) is 18.7 Å². The van der Waals surface area contributed by atoms with E-state index >= 15 is 0 Å². The summed E-state index contributed by atoms with van der Waals surface area (Å²) in [5.41, 5.74) is 5.28. The highest BCUT2D eigenvalue weighted by molar-refractivity contribution is 6.09. The number of aromatic nitrogens is 2. The summed E-state index contributed by atoms with van der Waals surface area (Å²) in [6.07, 6.45) is 1.60. The Bertz CT molecular complexity index is 1180. The number of ketones is 1. The van der Waals surface area contributed by atoms with Crippen molar-refractivity contribution in [3.8, 4) is 11.3 Å². The fourth-order valence-corrected chi connectivity index (χ4v) is 3.66. The summed E-state index contributed by atoms with van der Waals surface area (Å²) in [6.45, 7) is 5.24. The Labute approximate surface area is 179 Å². The van der Waals surface area contributed by atoms with Crippen LogP contribution in [0.5, 0.6) is 0 Å². The van der Waals surface area contributed by atoms with Gasteiger partial charge in [0, 0.05) is 37.0 Å². The second kappa shape index (κ2) is 8.06. The first-order valence-electron chi connectivity index (χ1n) is 9.93. The van der Waals surface area contributed by atoms with E-state index in [-0.39, 0.29) is 24.1 Å². The molecule has 0 atom stereocenters. The van der Waals surface area contributed by atoms with Crippen molar-refractivity contribution in [3.05, 3.63) is 59.4 Å². The van der Waals surface area contributed by atoms with E-state index < -0.39 is 0 Å².